The number of rotatable bonds is 5. The number of hydrogen-bond donors (Lipinski definition) is 2. The summed E-state index contributed by atoms with van der Waals surface area (Å²) in [5.74, 6) is 1.29. The molecule has 1 unspecified atom stereocenters. The summed E-state index contributed by atoms with van der Waals surface area (Å²) in [7, 11) is 0. The van der Waals surface area contributed by atoms with Crippen LogP contribution in [0.25, 0.3) is 0 Å². The van der Waals surface area contributed by atoms with Crippen molar-refractivity contribution >= 4 is 24.1 Å². The zero-order valence-corrected chi connectivity index (χ0v) is 14.3. The lowest BCUT2D eigenvalue weighted by Crippen LogP contribution is -2.48. The third-order valence-corrected chi connectivity index (χ3v) is 4.26. The van der Waals surface area contributed by atoms with Crippen LogP contribution < -0.4 is 10.6 Å². The molecule has 5 nitrogen and oxygen atoms in total. The van der Waals surface area contributed by atoms with Gasteiger partial charge in [-0.2, -0.15) is 5.10 Å². The number of carbonyl (C=O) groups excluding carboxylic acids is 1. The molecule has 1 aliphatic heterocycles. The quantitative estimate of drug-likeness (QED) is 0.883. The summed E-state index contributed by atoms with van der Waals surface area (Å²) in [6.45, 7) is 6.44. The van der Waals surface area contributed by atoms with Crippen molar-refractivity contribution in [2.24, 2.45) is 11.8 Å². The van der Waals surface area contributed by atoms with Gasteiger partial charge in [-0.15, -0.1) is 12.4 Å². The SMILES string of the molecule is Cc1cc(NC(=O)C(C)C2CNC2)n(Cc2ccccc2)n1.Cl. The minimum absolute atomic E-state index is 0. The van der Waals surface area contributed by atoms with Crippen molar-refractivity contribution in [3.63, 3.8) is 0 Å². The van der Waals surface area contributed by atoms with Gasteiger partial charge < -0.3 is 10.6 Å². The first-order valence-corrected chi connectivity index (χ1v) is 7.73. The highest BCUT2D eigenvalue weighted by Gasteiger charge is 2.29. The molecular formula is C17H23ClN4O. The standard InChI is InChI=1S/C17H22N4O.ClH/c1-12-8-16(19-17(22)13(2)15-9-18-10-15)21(20-12)11-14-6-4-3-5-7-14;/h3-8,13,15,18H,9-11H2,1-2H3,(H,19,22);1H. The normalized spacial score (nSPS) is 15.4. The van der Waals surface area contributed by atoms with Crippen LogP contribution in [0, 0.1) is 18.8 Å². The number of aryl methyl sites for hydroxylation is 1. The van der Waals surface area contributed by atoms with Gasteiger partial charge in [0.25, 0.3) is 0 Å². The summed E-state index contributed by atoms with van der Waals surface area (Å²) in [6.07, 6.45) is 0. The Kier molecular flexibility index (Phi) is 5.80. The molecule has 124 valence electrons. The highest BCUT2D eigenvalue weighted by Crippen LogP contribution is 2.19. The fourth-order valence-corrected chi connectivity index (χ4v) is 2.64. The third-order valence-electron chi connectivity index (χ3n) is 4.26. The molecule has 0 spiro atoms. The zero-order valence-electron chi connectivity index (χ0n) is 13.5. The van der Waals surface area contributed by atoms with Crippen molar-refractivity contribution in [3.8, 4) is 0 Å². The molecule has 1 aromatic heterocycles. The van der Waals surface area contributed by atoms with E-state index in [2.05, 4.69) is 27.9 Å². The van der Waals surface area contributed by atoms with Crippen LogP contribution in [0.2, 0.25) is 0 Å². The molecule has 0 radical (unpaired) electrons. The van der Waals surface area contributed by atoms with Gasteiger partial charge in [-0.1, -0.05) is 37.3 Å². The topological polar surface area (TPSA) is 59.0 Å². The maximum Gasteiger partial charge on any atom is 0.228 e. The Morgan fingerprint density at radius 3 is 2.70 bits per heavy atom. The molecule has 1 aromatic carbocycles. The summed E-state index contributed by atoms with van der Waals surface area (Å²) >= 11 is 0. The van der Waals surface area contributed by atoms with Gasteiger partial charge >= 0.3 is 0 Å². The Morgan fingerprint density at radius 2 is 2.09 bits per heavy atom. The molecule has 1 amide bonds. The molecule has 2 aromatic rings. The molecule has 0 bridgehead atoms. The van der Waals surface area contributed by atoms with E-state index in [-0.39, 0.29) is 24.2 Å². The van der Waals surface area contributed by atoms with Crippen molar-refractivity contribution < 1.29 is 4.79 Å². The Labute approximate surface area is 142 Å². The fourth-order valence-electron chi connectivity index (χ4n) is 2.64. The maximum atomic E-state index is 12.4. The van der Waals surface area contributed by atoms with Crippen LogP contribution in [-0.4, -0.2) is 28.8 Å². The Morgan fingerprint density at radius 1 is 1.39 bits per heavy atom. The minimum atomic E-state index is 0. The Hall–Kier alpha value is -1.85. The molecule has 0 aliphatic carbocycles. The molecule has 1 atom stereocenters. The fraction of sp³-hybridized carbons (Fsp3) is 0.412. The third kappa shape index (κ3) is 4.12. The number of aromatic nitrogens is 2. The predicted octanol–water partition coefficient (Wildman–Crippen LogP) is 2.46. The van der Waals surface area contributed by atoms with Crippen LogP contribution in [-0.2, 0) is 11.3 Å². The average Bonchev–Trinajstić information content (AvgIpc) is 2.77. The number of nitrogens with zero attached hydrogens (tertiary/aromatic N) is 2. The number of nitrogens with one attached hydrogen (secondary N) is 2. The van der Waals surface area contributed by atoms with Crippen LogP contribution in [0.5, 0.6) is 0 Å². The summed E-state index contributed by atoms with van der Waals surface area (Å²) in [4.78, 5) is 12.4. The van der Waals surface area contributed by atoms with Crippen molar-refractivity contribution in [1.82, 2.24) is 15.1 Å². The second kappa shape index (κ2) is 7.62. The lowest BCUT2D eigenvalue weighted by molar-refractivity contribution is -0.121. The molecule has 0 saturated carbocycles. The van der Waals surface area contributed by atoms with Crippen molar-refractivity contribution in [1.29, 1.82) is 0 Å². The molecule has 1 aliphatic rings. The van der Waals surface area contributed by atoms with Crippen molar-refractivity contribution in [2.75, 3.05) is 18.4 Å². The van der Waals surface area contributed by atoms with Gasteiger partial charge in [-0.25, -0.2) is 4.68 Å². The predicted molar refractivity (Wildman–Crippen MR) is 93.9 cm³/mol. The number of amides is 1. The van der Waals surface area contributed by atoms with E-state index in [1.807, 2.05) is 42.8 Å². The monoisotopic (exact) mass is 334 g/mol. The molecule has 3 rings (SSSR count). The smallest absolute Gasteiger partial charge is 0.228 e. The van der Waals surface area contributed by atoms with Gasteiger partial charge in [0.05, 0.1) is 12.2 Å². The second-order valence-corrected chi connectivity index (χ2v) is 6.01. The molecule has 2 N–H and O–H groups in total. The molecular weight excluding hydrogens is 312 g/mol. The highest BCUT2D eigenvalue weighted by atomic mass is 35.5. The van der Waals surface area contributed by atoms with E-state index in [0.717, 1.165) is 30.2 Å². The van der Waals surface area contributed by atoms with Crippen LogP contribution in [0.1, 0.15) is 18.2 Å². The van der Waals surface area contributed by atoms with Crippen molar-refractivity contribution in [2.45, 2.75) is 20.4 Å². The van der Waals surface area contributed by atoms with E-state index in [4.69, 9.17) is 0 Å². The number of hydrogen-bond acceptors (Lipinski definition) is 3. The minimum Gasteiger partial charge on any atom is -0.316 e. The lowest BCUT2D eigenvalue weighted by Gasteiger charge is -2.31. The molecule has 1 saturated heterocycles. The largest absolute Gasteiger partial charge is 0.316 e. The lowest BCUT2D eigenvalue weighted by atomic mass is 9.88. The molecule has 1 fully saturated rings. The van der Waals surface area contributed by atoms with E-state index < -0.39 is 0 Å². The number of anilines is 1. The molecule has 23 heavy (non-hydrogen) atoms. The van der Waals surface area contributed by atoms with Crippen LogP contribution >= 0.6 is 12.4 Å². The van der Waals surface area contributed by atoms with Gasteiger partial charge in [0.15, 0.2) is 0 Å². The van der Waals surface area contributed by atoms with E-state index in [9.17, 15) is 4.79 Å². The summed E-state index contributed by atoms with van der Waals surface area (Å²) in [6, 6.07) is 12.1. The summed E-state index contributed by atoms with van der Waals surface area (Å²) in [5.41, 5.74) is 2.07. The first-order valence-electron chi connectivity index (χ1n) is 7.73. The molecule has 6 heteroatoms. The van der Waals surface area contributed by atoms with Crippen LogP contribution in [0.4, 0.5) is 5.82 Å². The van der Waals surface area contributed by atoms with Gasteiger partial charge in [0, 0.05) is 12.0 Å². The van der Waals surface area contributed by atoms with E-state index in [1.165, 1.54) is 0 Å². The van der Waals surface area contributed by atoms with E-state index in [0.29, 0.717) is 12.5 Å². The van der Waals surface area contributed by atoms with E-state index in [1.54, 1.807) is 0 Å². The maximum absolute atomic E-state index is 12.4. The van der Waals surface area contributed by atoms with Crippen molar-refractivity contribution in [3.05, 3.63) is 47.7 Å². The number of benzene rings is 1. The van der Waals surface area contributed by atoms with Gasteiger partial charge in [-0.3, -0.25) is 4.79 Å². The highest BCUT2D eigenvalue weighted by molar-refractivity contribution is 5.91. The summed E-state index contributed by atoms with van der Waals surface area (Å²) < 4.78 is 1.86. The number of halogens is 1. The zero-order chi connectivity index (χ0) is 15.5. The molecule has 2 heterocycles. The van der Waals surface area contributed by atoms with Gasteiger partial charge in [0.1, 0.15) is 5.82 Å². The second-order valence-electron chi connectivity index (χ2n) is 6.01. The summed E-state index contributed by atoms with van der Waals surface area (Å²) in [5, 5.41) is 10.7. The number of carbonyl (C=O) groups is 1. The average molecular weight is 335 g/mol. The Bertz CT molecular complexity index is 652. The van der Waals surface area contributed by atoms with E-state index >= 15 is 0 Å². The van der Waals surface area contributed by atoms with Gasteiger partial charge in [0.2, 0.25) is 5.91 Å². The first kappa shape index (κ1) is 17.5. The van der Waals surface area contributed by atoms with Gasteiger partial charge in [-0.05, 0) is 31.5 Å². The van der Waals surface area contributed by atoms with Crippen LogP contribution in [0.3, 0.4) is 0 Å². The van der Waals surface area contributed by atoms with Crippen LogP contribution in [0.15, 0.2) is 36.4 Å². The Balaban J connectivity index is 0.00000192. The first-order chi connectivity index (χ1) is 10.6.